The number of halogens is 6. The van der Waals surface area contributed by atoms with Crippen LogP contribution >= 0.6 is 0 Å². The Morgan fingerprint density at radius 3 is 0.359 bits per heavy atom. The topological polar surface area (TPSA) is 55.4 Å². The Kier molecular flexibility index (Phi) is 53.1. The number of hydrogen-bond acceptors (Lipinski definition) is 6. The van der Waals surface area contributed by atoms with Gasteiger partial charge in [0.25, 0.3) is 0 Å². The van der Waals surface area contributed by atoms with E-state index >= 15 is 0 Å². The van der Waals surface area contributed by atoms with Crippen molar-refractivity contribution >= 4 is 65.4 Å². The highest BCUT2D eigenvalue weighted by molar-refractivity contribution is 7.96. The third-order valence-corrected chi connectivity index (χ3v) is 16.4. The maximum Gasteiger partial charge on any atom is 0.154 e. The van der Waals surface area contributed by atoms with Crippen LogP contribution in [0.4, 0.5) is 0 Å². The van der Waals surface area contributed by atoms with Gasteiger partial charge >= 0.3 is 0 Å². The predicted octanol–water partition coefficient (Wildman–Crippen LogP) is -3.30. The lowest BCUT2D eigenvalue weighted by Crippen LogP contribution is -3.00. The zero-order valence-corrected chi connectivity index (χ0v) is 51.6. The van der Waals surface area contributed by atoms with Crippen molar-refractivity contribution in [2.45, 2.75) is 29.4 Å². The van der Waals surface area contributed by atoms with Crippen molar-refractivity contribution in [3.8, 4) is 34.5 Å². The second kappa shape index (κ2) is 49.5. The van der Waals surface area contributed by atoms with Crippen molar-refractivity contribution in [2.75, 3.05) is 75.1 Å². The van der Waals surface area contributed by atoms with E-state index in [0.29, 0.717) is 65.4 Å². The molecule has 78 heavy (non-hydrogen) atoms. The van der Waals surface area contributed by atoms with E-state index in [-0.39, 0.29) is 28.2 Å². The first-order valence-electron chi connectivity index (χ1n) is 22.1. The van der Waals surface area contributed by atoms with Gasteiger partial charge in [-0.05, 0) is 146 Å². The average Bonchev–Trinajstić information content (AvgIpc) is 3.37. The highest BCUT2D eigenvalue weighted by Crippen LogP contribution is 2.20. The summed E-state index contributed by atoms with van der Waals surface area (Å²) in [5.74, 6) is 5.08. The third-order valence-electron chi connectivity index (χ3n) is 9.09. The third kappa shape index (κ3) is 36.4. The molecular weight excluding hydrogens is 1120 g/mol. The smallest absolute Gasteiger partial charge is 0.154 e. The number of hydrogen-bond donors (Lipinski definition) is 0. The number of ether oxygens (including phenoxy) is 6. The molecule has 0 radical (unpaired) electrons. The lowest BCUT2D eigenvalue weighted by atomic mass is 10.3. The molecular formula is C60H78F6O6S6. The Morgan fingerprint density at radius 1 is 0.205 bits per heavy atom. The molecule has 0 aliphatic heterocycles. The largest absolute Gasteiger partial charge is 1.00 e. The van der Waals surface area contributed by atoms with Gasteiger partial charge in [0, 0.05) is 65.4 Å². The maximum atomic E-state index is 5.11. The fraction of sp³-hybridized carbons (Fsp3) is 0.200. The van der Waals surface area contributed by atoms with Crippen LogP contribution in [0, 0.1) is 0 Å². The van der Waals surface area contributed by atoms with Crippen LogP contribution in [0.5, 0.6) is 34.5 Å². The van der Waals surface area contributed by atoms with Gasteiger partial charge in [-0.1, -0.05) is 39.5 Å². The number of benzene rings is 6. The van der Waals surface area contributed by atoms with Crippen LogP contribution in [-0.2, 0) is 65.4 Å². The molecule has 0 spiro atoms. The molecule has 0 bridgehead atoms. The van der Waals surface area contributed by atoms with Crippen LogP contribution in [0.25, 0.3) is 0 Å². The fourth-order valence-electron chi connectivity index (χ4n) is 5.32. The first kappa shape index (κ1) is 83.6. The summed E-state index contributed by atoms with van der Waals surface area (Å²) in [5, 5.41) is 0. The Bertz CT molecular complexity index is 1980. The van der Waals surface area contributed by atoms with Crippen LogP contribution in [0.3, 0.4) is 0 Å². The minimum atomic E-state index is 0. The molecule has 0 N–H and O–H groups in total. The molecule has 0 aliphatic rings. The van der Waals surface area contributed by atoms with E-state index in [0.717, 1.165) is 34.5 Å². The van der Waals surface area contributed by atoms with Crippen molar-refractivity contribution in [1.29, 1.82) is 0 Å². The monoisotopic (exact) mass is 1200 g/mol. The standard InChI is InChI=1S/6C10H13OS.6FH/c6*1-4-11-9-5-7-10(8-6-9)12(2)3;;;;;;/h6*4-8H,1H2,2-3H3;6*1H/q6*+1;;;;;;/p-6. The molecule has 0 atom stereocenters. The quantitative estimate of drug-likeness (QED) is 0.0512. The Hall–Kier alpha value is -5.76. The highest BCUT2D eigenvalue weighted by atomic mass is 32.2. The van der Waals surface area contributed by atoms with Crippen molar-refractivity contribution in [3.05, 3.63) is 223 Å². The minimum absolute atomic E-state index is 0. The summed E-state index contributed by atoms with van der Waals surface area (Å²) in [6.07, 6.45) is 35.0. The summed E-state index contributed by atoms with van der Waals surface area (Å²) in [6, 6.07) is 48.6. The van der Waals surface area contributed by atoms with Crippen LogP contribution in [0.15, 0.2) is 252 Å². The molecule has 0 aliphatic carbocycles. The van der Waals surface area contributed by atoms with Gasteiger partial charge in [0.2, 0.25) is 0 Å². The molecule has 18 heteroatoms. The molecule has 0 saturated carbocycles. The van der Waals surface area contributed by atoms with Crippen LogP contribution < -0.4 is 56.6 Å². The summed E-state index contributed by atoms with van der Waals surface area (Å²) < 4.78 is 30.6. The van der Waals surface area contributed by atoms with Gasteiger partial charge in [-0.2, -0.15) is 0 Å². The van der Waals surface area contributed by atoms with Gasteiger partial charge in [-0.3, -0.25) is 0 Å². The summed E-state index contributed by atoms with van der Waals surface area (Å²) in [6.45, 7) is 21.0. The highest BCUT2D eigenvalue weighted by Gasteiger charge is 2.11. The first-order chi connectivity index (χ1) is 34.4. The van der Waals surface area contributed by atoms with Gasteiger partial charge in [-0.15, -0.1) is 0 Å². The SMILES string of the molecule is C=COc1ccc([S+](C)C)cc1.C=COc1ccc([S+](C)C)cc1.C=COc1ccc([S+](C)C)cc1.C=COc1ccc([S+](C)C)cc1.C=COc1ccc([S+](C)C)cc1.C=COc1ccc([S+](C)C)cc1.[F-].[F-].[F-].[F-].[F-].[F-]. The van der Waals surface area contributed by atoms with Crippen LogP contribution in [-0.4, -0.2) is 75.1 Å². The van der Waals surface area contributed by atoms with Gasteiger partial charge in [-0.25, -0.2) is 0 Å². The van der Waals surface area contributed by atoms with E-state index in [9.17, 15) is 0 Å². The zero-order chi connectivity index (χ0) is 53.8. The lowest BCUT2D eigenvalue weighted by molar-refractivity contribution is -0.00100. The molecule has 0 amide bonds. The van der Waals surface area contributed by atoms with E-state index in [2.05, 4.69) is 187 Å². The van der Waals surface area contributed by atoms with E-state index in [1.807, 2.05) is 72.8 Å². The van der Waals surface area contributed by atoms with E-state index in [4.69, 9.17) is 28.4 Å². The molecule has 6 rings (SSSR count). The Morgan fingerprint density at radius 2 is 0.295 bits per heavy atom. The van der Waals surface area contributed by atoms with Crippen LogP contribution in [0.2, 0.25) is 0 Å². The van der Waals surface area contributed by atoms with E-state index in [1.54, 1.807) is 0 Å². The molecule has 6 nitrogen and oxygen atoms in total. The fourth-order valence-corrected chi connectivity index (χ4v) is 9.40. The normalized spacial score (nSPS) is 9.15. The minimum Gasteiger partial charge on any atom is -1.00 e. The molecule has 6 aromatic carbocycles. The molecule has 0 unspecified atom stereocenters. The van der Waals surface area contributed by atoms with Gasteiger partial charge in [0.1, 0.15) is 110 Å². The van der Waals surface area contributed by atoms with E-state index < -0.39 is 0 Å². The summed E-state index contributed by atoms with van der Waals surface area (Å²) in [7, 11) is 1.96. The Labute approximate surface area is 480 Å². The maximum absolute atomic E-state index is 5.11. The molecule has 6 aromatic rings. The van der Waals surface area contributed by atoms with Gasteiger partial charge in [0.05, 0.1) is 37.6 Å². The molecule has 0 heterocycles. The lowest BCUT2D eigenvalue weighted by Gasteiger charge is -1.99. The summed E-state index contributed by atoms with van der Waals surface area (Å²) in [4.78, 5) is 8.12. The van der Waals surface area contributed by atoms with Crippen molar-refractivity contribution in [1.82, 2.24) is 0 Å². The van der Waals surface area contributed by atoms with Crippen LogP contribution in [0.1, 0.15) is 0 Å². The summed E-state index contributed by atoms with van der Waals surface area (Å²) in [5.41, 5.74) is 0. The van der Waals surface area contributed by atoms with E-state index in [1.165, 1.54) is 66.9 Å². The van der Waals surface area contributed by atoms with Crippen molar-refractivity contribution in [2.24, 2.45) is 0 Å². The molecule has 0 aromatic heterocycles. The van der Waals surface area contributed by atoms with Crippen molar-refractivity contribution < 1.29 is 56.6 Å². The van der Waals surface area contributed by atoms with Crippen molar-refractivity contribution in [3.63, 3.8) is 0 Å². The molecule has 0 fully saturated rings. The summed E-state index contributed by atoms with van der Waals surface area (Å²) >= 11 is 0. The average molecular weight is 1200 g/mol. The number of rotatable bonds is 18. The zero-order valence-electron chi connectivity index (χ0n) is 46.7. The second-order valence-electron chi connectivity index (χ2n) is 15.4. The molecule has 432 valence electrons. The van der Waals surface area contributed by atoms with Gasteiger partial charge in [0.15, 0.2) is 29.4 Å². The Balaban J connectivity index is -0.000000196. The first-order valence-corrected chi connectivity index (χ1v) is 34.4. The second-order valence-corrected chi connectivity index (χ2v) is 28.1. The predicted molar refractivity (Wildman–Crippen MR) is 328 cm³/mol. The molecule has 0 saturated heterocycles. The van der Waals surface area contributed by atoms with Gasteiger partial charge < -0.3 is 56.6 Å².